The molecule has 1 atom stereocenters. The second-order valence-electron chi connectivity index (χ2n) is 10.8. The Morgan fingerprint density at radius 2 is 1.87 bits per heavy atom. The summed E-state index contributed by atoms with van der Waals surface area (Å²) in [6.07, 6.45) is 3.01. The predicted octanol–water partition coefficient (Wildman–Crippen LogP) is 6.25. The van der Waals surface area contributed by atoms with E-state index in [0.717, 1.165) is 41.0 Å². The third kappa shape index (κ3) is 6.57. The summed E-state index contributed by atoms with van der Waals surface area (Å²) < 4.78 is 49.0. The summed E-state index contributed by atoms with van der Waals surface area (Å²) in [6.45, 7) is 1.89. The van der Waals surface area contributed by atoms with Crippen LogP contribution in [-0.2, 0) is 28.0 Å². The Hall–Kier alpha value is -4.30. The van der Waals surface area contributed by atoms with Gasteiger partial charge >= 0.3 is 5.97 Å². The number of hydrogen-bond donors (Lipinski definition) is 2. The molecule has 2 aromatic heterocycles. The fraction of sp³-hybridized carbons (Fsp3) is 0.219. The van der Waals surface area contributed by atoms with E-state index in [1.807, 2.05) is 13.0 Å². The number of aryl methyl sites for hydroxylation is 1. The molecule has 0 radical (unpaired) electrons. The van der Waals surface area contributed by atoms with Crippen molar-refractivity contribution in [1.82, 2.24) is 14.8 Å². The van der Waals surface area contributed by atoms with Crippen LogP contribution in [-0.4, -0.2) is 38.4 Å². The summed E-state index contributed by atoms with van der Waals surface area (Å²) in [4.78, 5) is 15.9. The van der Waals surface area contributed by atoms with Crippen LogP contribution in [0.2, 0.25) is 0 Å². The van der Waals surface area contributed by atoms with Crippen molar-refractivity contribution in [1.29, 1.82) is 0 Å². The monoisotopic (exact) mass is 652 g/mol. The molecule has 0 bridgehead atoms. The van der Waals surface area contributed by atoms with Gasteiger partial charge in [0.15, 0.2) is 22.5 Å². The van der Waals surface area contributed by atoms with Crippen molar-refractivity contribution in [3.05, 3.63) is 99.7 Å². The summed E-state index contributed by atoms with van der Waals surface area (Å²) in [5.41, 5.74) is 5.23. The highest BCUT2D eigenvalue weighted by atomic mass is 32.2. The van der Waals surface area contributed by atoms with Gasteiger partial charge in [0.1, 0.15) is 11.6 Å². The minimum Gasteiger partial charge on any atom is -0.870 e. The molecular formula is C32H30F2N4O5S2. The summed E-state index contributed by atoms with van der Waals surface area (Å²) in [7, 11) is -0.763. The molecule has 1 aliphatic carbocycles. The maximum Gasteiger partial charge on any atom is 0.355 e. The van der Waals surface area contributed by atoms with Gasteiger partial charge in [0.05, 0.1) is 18.5 Å². The third-order valence-electron chi connectivity index (χ3n) is 7.74. The molecule has 6 rings (SSSR count). The number of aromatic carboxylic acids is 1. The molecule has 1 saturated carbocycles. The normalized spacial score (nSPS) is 13.4. The molecule has 5 aromatic rings. The SMILES string of the molecule is COc1ccc(-c2cc(-c3nn(-c4nc(C(=O)O)cs4)c(CC4CC4)c3Cc3ccc([SH+](N)=O)c(F)c3)ccc2F)cc1C.[OH-]. The van der Waals surface area contributed by atoms with Crippen LogP contribution in [0.15, 0.2) is 64.9 Å². The van der Waals surface area contributed by atoms with E-state index in [0.29, 0.717) is 51.2 Å². The second-order valence-corrected chi connectivity index (χ2v) is 12.8. The molecule has 9 nitrogen and oxygen atoms in total. The van der Waals surface area contributed by atoms with Gasteiger partial charge < -0.3 is 15.3 Å². The van der Waals surface area contributed by atoms with Crippen LogP contribution in [0.1, 0.15) is 45.7 Å². The van der Waals surface area contributed by atoms with Crippen LogP contribution < -0.4 is 9.88 Å². The van der Waals surface area contributed by atoms with Gasteiger partial charge in [-0.05, 0) is 91.3 Å². The largest absolute Gasteiger partial charge is 0.870 e. The third-order valence-corrected chi connectivity index (χ3v) is 9.39. The van der Waals surface area contributed by atoms with E-state index in [2.05, 4.69) is 4.98 Å². The number of halogens is 2. The Balaban J connectivity index is 0.00000400. The van der Waals surface area contributed by atoms with Gasteiger partial charge in [-0.1, -0.05) is 16.3 Å². The Morgan fingerprint density at radius 3 is 2.49 bits per heavy atom. The first kappa shape index (κ1) is 32.1. The summed E-state index contributed by atoms with van der Waals surface area (Å²) in [5.74, 6) is -1.10. The number of ether oxygens (including phenoxy) is 1. The van der Waals surface area contributed by atoms with E-state index in [1.165, 1.54) is 23.6 Å². The minimum atomic E-state index is -2.34. The number of thiazole rings is 1. The minimum absolute atomic E-state index is 0. The van der Waals surface area contributed by atoms with Crippen molar-refractivity contribution in [2.45, 2.75) is 37.5 Å². The lowest BCUT2D eigenvalue weighted by Crippen LogP contribution is -2.07. The maximum absolute atomic E-state index is 15.3. The maximum atomic E-state index is 15.3. The van der Waals surface area contributed by atoms with Gasteiger partial charge in [0.2, 0.25) is 10.0 Å². The lowest BCUT2D eigenvalue weighted by molar-refractivity contribution is 0.0691. The van der Waals surface area contributed by atoms with Crippen molar-refractivity contribution in [3.8, 4) is 33.3 Å². The molecule has 1 aliphatic rings. The zero-order chi connectivity index (χ0) is 31.1. The van der Waals surface area contributed by atoms with Crippen LogP contribution in [0.3, 0.4) is 0 Å². The Labute approximate surface area is 264 Å². The van der Waals surface area contributed by atoms with E-state index >= 15 is 4.39 Å². The van der Waals surface area contributed by atoms with Gasteiger partial charge in [-0.2, -0.15) is 5.10 Å². The summed E-state index contributed by atoms with van der Waals surface area (Å²) >= 11 is 1.16. The summed E-state index contributed by atoms with van der Waals surface area (Å²) in [5, 5.41) is 21.8. The van der Waals surface area contributed by atoms with E-state index in [4.69, 9.17) is 15.0 Å². The molecular weight excluding hydrogens is 623 g/mol. The fourth-order valence-electron chi connectivity index (χ4n) is 5.31. The molecule has 234 valence electrons. The standard InChI is InChI=1S/C32H28F2N4O4S2.H2O/c1-17-11-20(7-9-28(17)42-2)22-15-21(6-8-24(22)33)30-23(12-19-5-10-29(44(35)41)25(34)13-19)27(14-18-3-4-18)38(37-30)32-36-26(16-43-32)31(39)40;/h5-11,13,15-16,18H,3-4,12,14H2,1-2H3,(H2,35,41)(H,39,40);1H2. The Bertz CT molecular complexity index is 1940. The number of benzene rings is 3. The topological polar surface area (TPSA) is 150 Å². The van der Waals surface area contributed by atoms with Gasteiger partial charge in [0.25, 0.3) is 0 Å². The number of carboxylic acids is 1. The second kappa shape index (κ2) is 13.0. The van der Waals surface area contributed by atoms with E-state index in [9.17, 15) is 18.5 Å². The Kier molecular flexibility index (Phi) is 9.26. The van der Waals surface area contributed by atoms with Crippen molar-refractivity contribution >= 4 is 28.3 Å². The van der Waals surface area contributed by atoms with Crippen molar-refractivity contribution < 1.29 is 33.1 Å². The molecule has 13 heteroatoms. The number of carbonyl (C=O) groups is 1. The first-order valence-corrected chi connectivity index (χ1v) is 16.1. The number of nitrogens with two attached hydrogens (primary N) is 1. The number of aromatic nitrogens is 3. The molecule has 0 saturated heterocycles. The highest BCUT2D eigenvalue weighted by Crippen LogP contribution is 2.39. The van der Waals surface area contributed by atoms with Crippen LogP contribution in [0.5, 0.6) is 5.75 Å². The van der Waals surface area contributed by atoms with Crippen molar-refractivity contribution in [2.24, 2.45) is 11.1 Å². The van der Waals surface area contributed by atoms with Crippen LogP contribution in [0.25, 0.3) is 27.5 Å². The zero-order valence-corrected chi connectivity index (χ0v) is 26.0. The van der Waals surface area contributed by atoms with Gasteiger partial charge in [-0.25, -0.2) is 23.2 Å². The lowest BCUT2D eigenvalue weighted by Gasteiger charge is -2.11. The van der Waals surface area contributed by atoms with Crippen molar-refractivity contribution in [3.63, 3.8) is 0 Å². The molecule has 0 aliphatic heterocycles. The number of hydrogen-bond acceptors (Lipinski definition) is 7. The van der Waals surface area contributed by atoms with Crippen molar-refractivity contribution in [2.75, 3.05) is 7.11 Å². The number of methoxy groups -OCH3 is 1. The smallest absolute Gasteiger partial charge is 0.355 e. The first-order chi connectivity index (χ1) is 21.1. The van der Waals surface area contributed by atoms with E-state index in [-0.39, 0.29) is 22.5 Å². The quantitative estimate of drug-likeness (QED) is 0.134. The number of thiol groups is 1. The van der Waals surface area contributed by atoms with E-state index in [1.54, 1.807) is 42.1 Å². The molecule has 0 spiro atoms. The average molecular weight is 653 g/mol. The molecule has 4 N–H and O–H groups in total. The highest BCUT2D eigenvalue weighted by molar-refractivity contribution is 7.82. The summed E-state index contributed by atoms with van der Waals surface area (Å²) in [6, 6.07) is 14.7. The highest BCUT2D eigenvalue weighted by Gasteiger charge is 2.30. The van der Waals surface area contributed by atoms with Crippen LogP contribution in [0.4, 0.5) is 8.78 Å². The predicted molar refractivity (Wildman–Crippen MR) is 168 cm³/mol. The average Bonchev–Trinajstić information content (AvgIpc) is 3.55. The molecule has 0 amide bonds. The fourth-order valence-corrected chi connectivity index (χ4v) is 6.58. The zero-order valence-electron chi connectivity index (χ0n) is 24.3. The Morgan fingerprint density at radius 1 is 1.11 bits per heavy atom. The molecule has 45 heavy (non-hydrogen) atoms. The van der Waals surface area contributed by atoms with Gasteiger partial charge in [-0.3, -0.25) is 0 Å². The van der Waals surface area contributed by atoms with Crippen LogP contribution >= 0.6 is 11.3 Å². The van der Waals surface area contributed by atoms with Gasteiger partial charge in [-0.15, -0.1) is 16.5 Å². The number of carboxylic acid groups (broad SMARTS) is 1. The van der Waals surface area contributed by atoms with E-state index < -0.39 is 28.6 Å². The number of nitrogens with zero attached hydrogens (tertiary/aromatic N) is 3. The van der Waals surface area contributed by atoms with Crippen LogP contribution in [0, 0.1) is 24.5 Å². The lowest BCUT2D eigenvalue weighted by atomic mass is 9.94. The van der Waals surface area contributed by atoms with Gasteiger partial charge in [0, 0.05) is 28.5 Å². The molecule has 1 unspecified atom stereocenters. The first-order valence-electron chi connectivity index (χ1n) is 13.9. The molecule has 2 heterocycles. The molecule has 3 aromatic carbocycles. The molecule has 1 fully saturated rings. The number of rotatable bonds is 10.